The second-order valence-corrected chi connectivity index (χ2v) is 9.04. The molecule has 34 heavy (non-hydrogen) atoms. The van der Waals surface area contributed by atoms with Gasteiger partial charge in [0.2, 0.25) is 0 Å². The van der Waals surface area contributed by atoms with Crippen LogP contribution in [0.25, 0.3) is 0 Å². The highest BCUT2D eigenvalue weighted by molar-refractivity contribution is 7.94. The maximum Gasteiger partial charge on any atom is 0.416 e. The molecule has 0 amide bonds. The Labute approximate surface area is 207 Å². The van der Waals surface area contributed by atoms with Crippen LogP contribution in [0.1, 0.15) is 28.4 Å². The topological polar surface area (TPSA) is 81.4 Å². The van der Waals surface area contributed by atoms with Gasteiger partial charge in [-0.2, -0.15) is 13.2 Å². The van der Waals surface area contributed by atoms with Gasteiger partial charge in [0.25, 0.3) is 0 Å². The van der Waals surface area contributed by atoms with Crippen molar-refractivity contribution in [2.75, 3.05) is 12.0 Å². The number of benzene rings is 2. The molecule has 3 N–H and O–H groups in total. The number of ketones is 1. The van der Waals surface area contributed by atoms with E-state index in [1.807, 2.05) is 0 Å². The Hall–Kier alpha value is -2.69. The summed E-state index contributed by atoms with van der Waals surface area (Å²) in [5, 5.41) is 0.182. The highest BCUT2D eigenvalue weighted by Gasteiger charge is 2.33. The summed E-state index contributed by atoms with van der Waals surface area (Å²) in [6.45, 7) is 6.72. The van der Waals surface area contributed by atoms with Gasteiger partial charge in [0.1, 0.15) is 16.7 Å². The Balaban J connectivity index is 2.46. The van der Waals surface area contributed by atoms with E-state index in [-0.39, 0.29) is 38.1 Å². The van der Waals surface area contributed by atoms with E-state index >= 15 is 0 Å². The number of rotatable bonds is 9. The highest BCUT2D eigenvalue weighted by atomic mass is 35.5. The quantitative estimate of drug-likeness (QED) is 0.130. The van der Waals surface area contributed by atoms with Gasteiger partial charge in [0.15, 0.2) is 5.78 Å². The number of hydrogen-bond donors (Lipinski definition) is 2. The van der Waals surface area contributed by atoms with Crippen molar-refractivity contribution >= 4 is 46.1 Å². The van der Waals surface area contributed by atoms with Crippen molar-refractivity contribution in [2.24, 2.45) is 0 Å². The molecule has 0 radical (unpaired) electrons. The summed E-state index contributed by atoms with van der Waals surface area (Å²) in [7, 11) is -2.17. The summed E-state index contributed by atoms with van der Waals surface area (Å²) in [5.74, 6) is -0.369. The molecular weight excluding hydrogens is 509 g/mol. The molecule has 0 bridgehead atoms. The van der Waals surface area contributed by atoms with E-state index in [2.05, 4.69) is 11.3 Å². The minimum atomic E-state index is -4.61. The van der Waals surface area contributed by atoms with Crippen LogP contribution in [0.5, 0.6) is 5.75 Å². The lowest BCUT2D eigenvalue weighted by Crippen LogP contribution is -2.22. The number of alkyl halides is 3. The van der Waals surface area contributed by atoms with Gasteiger partial charge >= 0.3 is 6.18 Å². The molecule has 0 aromatic heterocycles. The van der Waals surface area contributed by atoms with Gasteiger partial charge in [0, 0.05) is 22.5 Å². The molecule has 182 valence electrons. The van der Waals surface area contributed by atoms with Crippen molar-refractivity contribution in [3.63, 3.8) is 0 Å². The number of nitrogens with two attached hydrogens (primary N) is 1. The van der Waals surface area contributed by atoms with Gasteiger partial charge in [-0.05, 0) is 55.8 Å². The number of allylic oxidation sites excluding steroid dienone is 4. The maximum atomic E-state index is 13.3. The van der Waals surface area contributed by atoms with Gasteiger partial charge < -0.3 is 14.6 Å². The largest absolute Gasteiger partial charge is 0.425 e. The summed E-state index contributed by atoms with van der Waals surface area (Å²) < 4.78 is 60.8. The molecule has 0 heterocycles. The van der Waals surface area contributed by atoms with E-state index in [0.717, 1.165) is 18.1 Å². The molecular formula is C23H22ClF3N2O3S2. The third-order valence-electron chi connectivity index (χ3n) is 4.51. The molecule has 0 aliphatic heterocycles. The average molecular weight is 531 g/mol. The molecule has 0 fully saturated rings. The fourth-order valence-electron chi connectivity index (χ4n) is 2.75. The zero-order valence-electron chi connectivity index (χ0n) is 18.5. The molecule has 5 nitrogen and oxygen atoms in total. The Morgan fingerprint density at radius 2 is 1.94 bits per heavy atom. The van der Waals surface area contributed by atoms with E-state index in [4.69, 9.17) is 21.5 Å². The molecule has 2 aromatic rings. The van der Waals surface area contributed by atoms with Crippen molar-refractivity contribution in [3.8, 4) is 5.75 Å². The lowest BCUT2D eigenvalue weighted by atomic mass is 10.0. The number of hydrogen-bond acceptors (Lipinski definition) is 5. The van der Waals surface area contributed by atoms with E-state index in [0.29, 0.717) is 5.69 Å². The number of nitrogen functional groups attached to an aromatic ring is 1. The minimum absolute atomic E-state index is 0.0106. The molecule has 1 atom stereocenters. The fraction of sp³-hybridized carbons (Fsp3) is 0.174. The molecule has 0 aliphatic carbocycles. The minimum Gasteiger partial charge on any atom is -0.425 e. The molecule has 2 rings (SSSR count). The second-order valence-electron chi connectivity index (χ2n) is 6.89. The van der Waals surface area contributed by atoms with Crippen molar-refractivity contribution in [3.05, 3.63) is 88.1 Å². The molecule has 11 heteroatoms. The van der Waals surface area contributed by atoms with Crippen molar-refractivity contribution in [2.45, 2.75) is 24.9 Å². The predicted octanol–water partition coefficient (Wildman–Crippen LogP) is 6.33. The van der Waals surface area contributed by atoms with Gasteiger partial charge in [0.05, 0.1) is 33.8 Å². The number of nitrogens with one attached hydrogen (secondary N) is 1. The molecule has 0 aliphatic rings. The summed E-state index contributed by atoms with van der Waals surface area (Å²) in [5.41, 5.74) is 5.11. The molecule has 0 spiro atoms. The summed E-state index contributed by atoms with van der Waals surface area (Å²) in [6.07, 6.45) is -0.129. The highest BCUT2D eigenvalue weighted by Crippen LogP contribution is 2.33. The van der Waals surface area contributed by atoms with Crippen LogP contribution < -0.4 is 14.6 Å². The van der Waals surface area contributed by atoms with Crippen molar-refractivity contribution < 1.29 is 26.4 Å². The Morgan fingerprint density at radius 1 is 1.26 bits per heavy atom. The van der Waals surface area contributed by atoms with Crippen LogP contribution in [0.4, 0.5) is 18.9 Å². The standard InChI is InChI=1S/C23H22ClF3N2O3S2/c1-5-15(24)10-20(14(3)22(30)18-11-16(28)7-9-21(18)32-33-4)29-34(31)17-8-6-13(2)19(12-17)23(25,26)27/h5-12,29H,3,28H2,1-2,4H3/b15-5+,20-10+. The van der Waals surface area contributed by atoms with Gasteiger partial charge in [-0.15, -0.1) is 0 Å². The van der Waals surface area contributed by atoms with E-state index in [1.54, 1.807) is 19.2 Å². The van der Waals surface area contributed by atoms with Crippen LogP contribution in [0, 0.1) is 6.92 Å². The summed E-state index contributed by atoms with van der Waals surface area (Å²) in [6, 6.07) is 7.79. The number of carbonyl (C=O) groups is 1. The number of aryl methyl sites for hydroxylation is 1. The second kappa shape index (κ2) is 11.6. The zero-order valence-corrected chi connectivity index (χ0v) is 20.8. The molecule has 1 unspecified atom stereocenters. The first kappa shape index (κ1) is 27.6. The molecule has 2 aromatic carbocycles. The lowest BCUT2D eigenvalue weighted by molar-refractivity contribution is -0.138. The summed E-state index contributed by atoms with van der Waals surface area (Å²) >= 11 is 7.11. The van der Waals surface area contributed by atoms with Crippen molar-refractivity contribution in [1.82, 2.24) is 4.72 Å². The molecule has 0 saturated heterocycles. The first-order chi connectivity index (χ1) is 15.9. The van der Waals surface area contributed by atoms with Gasteiger partial charge in [-0.1, -0.05) is 30.3 Å². The monoisotopic (exact) mass is 530 g/mol. The zero-order chi connectivity index (χ0) is 25.6. The van der Waals surface area contributed by atoms with E-state index in [9.17, 15) is 22.2 Å². The Kier molecular flexibility index (Phi) is 9.43. The van der Waals surface area contributed by atoms with Crippen molar-refractivity contribution in [1.29, 1.82) is 0 Å². The third kappa shape index (κ3) is 6.91. The number of halogens is 4. The first-order valence-corrected chi connectivity index (χ1v) is 12.3. The first-order valence-electron chi connectivity index (χ1n) is 9.63. The van der Waals surface area contributed by atoms with Crippen LogP contribution in [-0.2, 0) is 17.2 Å². The Bertz CT molecular complexity index is 1190. The van der Waals surface area contributed by atoms with Crippen LogP contribution in [0.2, 0.25) is 0 Å². The predicted molar refractivity (Wildman–Crippen MR) is 132 cm³/mol. The van der Waals surface area contributed by atoms with Gasteiger partial charge in [-0.3, -0.25) is 4.79 Å². The number of Topliss-reactive ketones (excluding diaryl/α,β-unsaturated/α-hetero) is 1. The van der Waals surface area contributed by atoms with Gasteiger partial charge in [-0.25, -0.2) is 4.21 Å². The lowest BCUT2D eigenvalue weighted by Gasteiger charge is -2.16. The Morgan fingerprint density at radius 3 is 2.53 bits per heavy atom. The van der Waals surface area contributed by atoms with E-state index in [1.165, 1.54) is 43.3 Å². The number of carbonyl (C=O) groups excluding carboxylic acids is 1. The van der Waals surface area contributed by atoms with Crippen LogP contribution in [-0.4, -0.2) is 16.2 Å². The smallest absolute Gasteiger partial charge is 0.416 e. The fourth-order valence-corrected chi connectivity index (χ4v) is 4.10. The third-order valence-corrected chi connectivity index (χ3v) is 6.27. The van der Waals surface area contributed by atoms with Crippen LogP contribution in [0.3, 0.4) is 0 Å². The van der Waals surface area contributed by atoms with E-state index < -0.39 is 28.5 Å². The van der Waals surface area contributed by atoms with Crippen LogP contribution >= 0.6 is 23.6 Å². The average Bonchev–Trinajstić information content (AvgIpc) is 2.78. The normalized spacial score (nSPS) is 13.4. The maximum absolute atomic E-state index is 13.3. The van der Waals surface area contributed by atoms with Crippen LogP contribution in [0.15, 0.2) is 76.3 Å². The SMILES string of the molecule is C=C(C(=O)c1cc(N)ccc1OSC)/C(=C\C(Cl)=C/C)NS(=O)c1ccc(C)c(C(F)(F)F)c1. The molecule has 0 saturated carbocycles. The number of anilines is 1. The summed E-state index contributed by atoms with van der Waals surface area (Å²) in [4.78, 5) is 13.1.